The zero-order chi connectivity index (χ0) is 17.9. The summed E-state index contributed by atoms with van der Waals surface area (Å²) in [6.07, 6.45) is 0. The summed E-state index contributed by atoms with van der Waals surface area (Å²) in [6.45, 7) is 5.92. The molecule has 0 aliphatic rings. The number of hydrogen-bond acceptors (Lipinski definition) is 4. The SMILES string of the molecule is COc1cc(N)c(Cl)cc1C(=O)Nc1ccc(OC(C)(C)C)cc1. The maximum atomic E-state index is 12.4. The molecule has 0 heterocycles. The summed E-state index contributed by atoms with van der Waals surface area (Å²) in [5.41, 5.74) is 6.75. The molecule has 0 spiro atoms. The van der Waals surface area contributed by atoms with E-state index in [0.717, 1.165) is 5.75 Å². The van der Waals surface area contributed by atoms with Crippen molar-refractivity contribution in [2.75, 3.05) is 18.2 Å². The average molecular weight is 349 g/mol. The van der Waals surface area contributed by atoms with Crippen molar-refractivity contribution in [1.29, 1.82) is 0 Å². The van der Waals surface area contributed by atoms with Gasteiger partial charge in [-0.1, -0.05) is 11.6 Å². The minimum Gasteiger partial charge on any atom is -0.496 e. The number of nitrogens with two attached hydrogens (primary N) is 1. The lowest BCUT2D eigenvalue weighted by molar-refractivity contribution is 0.102. The number of halogens is 1. The van der Waals surface area contributed by atoms with E-state index in [1.54, 1.807) is 24.3 Å². The van der Waals surface area contributed by atoms with Gasteiger partial charge < -0.3 is 20.5 Å². The van der Waals surface area contributed by atoms with Gasteiger partial charge >= 0.3 is 0 Å². The van der Waals surface area contributed by atoms with Gasteiger partial charge in [0.1, 0.15) is 17.1 Å². The molecule has 0 atom stereocenters. The molecule has 0 bridgehead atoms. The third kappa shape index (κ3) is 4.55. The molecule has 3 N–H and O–H groups in total. The van der Waals surface area contributed by atoms with Gasteiger partial charge in [0.2, 0.25) is 0 Å². The van der Waals surface area contributed by atoms with E-state index < -0.39 is 0 Å². The Morgan fingerprint density at radius 3 is 2.33 bits per heavy atom. The zero-order valence-electron chi connectivity index (χ0n) is 14.1. The molecule has 1 amide bonds. The van der Waals surface area contributed by atoms with Crippen LogP contribution in [-0.4, -0.2) is 18.6 Å². The average Bonchev–Trinajstić information content (AvgIpc) is 2.50. The number of carbonyl (C=O) groups is 1. The fraction of sp³-hybridized carbons (Fsp3) is 0.278. The van der Waals surface area contributed by atoms with Crippen LogP contribution >= 0.6 is 11.6 Å². The van der Waals surface area contributed by atoms with Crippen LogP contribution in [0.15, 0.2) is 36.4 Å². The van der Waals surface area contributed by atoms with Crippen LogP contribution in [0.2, 0.25) is 5.02 Å². The van der Waals surface area contributed by atoms with E-state index in [1.165, 1.54) is 19.2 Å². The number of rotatable bonds is 4. The number of methoxy groups -OCH3 is 1. The Morgan fingerprint density at radius 2 is 1.79 bits per heavy atom. The zero-order valence-corrected chi connectivity index (χ0v) is 14.9. The van der Waals surface area contributed by atoms with E-state index in [2.05, 4.69) is 5.32 Å². The van der Waals surface area contributed by atoms with Crippen molar-refractivity contribution >= 4 is 28.9 Å². The van der Waals surface area contributed by atoms with E-state index in [1.807, 2.05) is 20.8 Å². The second-order valence-corrected chi connectivity index (χ2v) is 6.67. The molecule has 0 aliphatic carbocycles. The summed E-state index contributed by atoms with van der Waals surface area (Å²) in [5, 5.41) is 3.10. The first-order valence-electron chi connectivity index (χ1n) is 7.43. The first kappa shape index (κ1) is 17.9. The Kier molecular flexibility index (Phi) is 5.24. The highest BCUT2D eigenvalue weighted by Crippen LogP contribution is 2.29. The smallest absolute Gasteiger partial charge is 0.259 e. The molecular formula is C18H21ClN2O3. The Balaban J connectivity index is 2.17. The maximum Gasteiger partial charge on any atom is 0.259 e. The number of nitrogen functional groups attached to an aromatic ring is 1. The van der Waals surface area contributed by atoms with Crippen molar-refractivity contribution in [1.82, 2.24) is 0 Å². The number of ether oxygens (including phenoxy) is 2. The number of nitrogens with one attached hydrogen (secondary N) is 1. The Hall–Kier alpha value is -2.40. The molecule has 6 heteroatoms. The van der Waals surface area contributed by atoms with Crippen molar-refractivity contribution in [2.24, 2.45) is 0 Å². The number of hydrogen-bond donors (Lipinski definition) is 2. The van der Waals surface area contributed by atoms with E-state index in [9.17, 15) is 4.79 Å². The summed E-state index contributed by atoms with van der Waals surface area (Å²) < 4.78 is 10.9. The lowest BCUT2D eigenvalue weighted by Crippen LogP contribution is -2.22. The van der Waals surface area contributed by atoms with Crippen molar-refractivity contribution < 1.29 is 14.3 Å². The minimum atomic E-state index is -0.335. The third-order valence-corrected chi connectivity index (χ3v) is 3.43. The number of carbonyl (C=O) groups excluding carboxylic acids is 1. The van der Waals surface area contributed by atoms with Gasteiger partial charge in [0, 0.05) is 11.8 Å². The van der Waals surface area contributed by atoms with Crippen LogP contribution in [0.4, 0.5) is 11.4 Å². The second kappa shape index (κ2) is 7.01. The van der Waals surface area contributed by atoms with Crippen molar-refractivity contribution in [3.8, 4) is 11.5 Å². The van der Waals surface area contributed by atoms with Gasteiger partial charge in [-0.15, -0.1) is 0 Å². The van der Waals surface area contributed by atoms with Crippen LogP contribution in [0, 0.1) is 0 Å². The van der Waals surface area contributed by atoms with Gasteiger partial charge in [-0.3, -0.25) is 4.79 Å². The summed E-state index contributed by atoms with van der Waals surface area (Å²) in [5.74, 6) is 0.758. The lowest BCUT2D eigenvalue weighted by atomic mass is 10.1. The first-order chi connectivity index (χ1) is 11.2. The summed E-state index contributed by atoms with van der Waals surface area (Å²) in [7, 11) is 1.47. The molecule has 0 unspecified atom stereocenters. The van der Waals surface area contributed by atoms with Gasteiger partial charge in [-0.2, -0.15) is 0 Å². The van der Waals surface area contributed by atoms with Gasteiger partial charge in [0.25, 0.3) is 5.91 Å². The van der Waals surface area contributed by atoms with E-state index in [0.29, 0.717) is 27.7 Å². The second-order valence-electron chi connectivity index (χ2n) is 6.27. The maximum absolute atomic E-state index is 12.4. The molecular weight excluding hydrogens is 328 g/mol. The largest absolute Gasteiger partial charge is 0.496 e. The van der Waals surface area contributed by atoms with E-state index >= 15 is 0 Å². The summed E-state index contributed by atoms with van der Waals surface area (Å²) in [6, 6.07) is 10.1. The third-order valence-electron chi connectivity index (χ3n) is 3.10. The molecule has 0 aromatic heterocycles. The fourth-order valence-corrected chi connectivity index (χ4v) is 2.24. The molecule has 0 aliphatic heterocycles. The molecule has 5 nitrogen and oxygen atoms in total. The van der Waals surface area contributed by atoms with Crippen LogP contribution in [0.1, 0.15) is 31.1 Å². The summed E-state index contributed by atoms with van der Waals surface area (Å²) in [4.78, 5) is 12.4. The predicted molar refractivity (Wildman–Crippen MR) is 97.2 cm³/mol. The highest BCUT2D eigenvalue weighted by atomic mass is 35.5. The molecule has 0 radical (unpaired) electrons. The van der Waals surface area contributed by atoms with Gasteiger partial charge in [0.15, 0.2) is 0 Å². The standard InChI is InChI=1S/C18H21ClN2O3/c1-18(2,3)24-12-7-5-11(6-8-12)21-17(22)13-9-14(19)15(20)10-16(13)23-4/h5-10H,20H2,1-4H3,(H,21,22). The first-order valence-corrected chi connectivity index (χ1v) is 7.81. The highest BCUT2D eigenvalue weighted by molar-refractivity contribution is 6.33. The van der Waals surface area contributed by atoms with Crippen molar-refractivity contribution in [2.45, 2.75) is 26.4 Å². The van der Waals surface area contributed by atoms with Crippen LogP contribution in [-0.2, 0) is 0 Å². The van der Waals surface area contributed by atoms with Crippen LogP contribution in [0.25, 0.3) is 0 Å². The van der Waals surface area contributed by atoms with Crippen LogP contribution in [0.3, 0.4) is 0 Å². The number of amides is 1. The topological polar surface area (TPSA) is 73.6 Å². The predicted octanol–water partition coefficient (Wildman–Crippen LogP) is 4.36. The molecule has 2 aromatic carbocycles. The Morgan fingerprint density at radius 1 is 1.17 bits per heavy atom. The Bertz CT molecular complexity index is 737. The molecule has 2 aromatic rings. The van der Waals surface area contributed by atoms with E-state index in [-0.39, 0.29) is 11.5 Å². The van der Waals surface area contributed by atoms with Crippen LogP contribution in [0.5, 0.6) is 11.5 Å². The Labute approximate surface area is 146 Å². The number of anilines is 2. The molecule has 2 rings (SSSR count). The molecule has 0 fully saturated rings. The van der Waals surface area contributed by atoms with E-state index in [4.69, 9.17) is 26.8 Å². The molecule has 128 valence electrons. The highest BCUT2D eigenvalue weighted by Gasteiger charge is 2.16. The van der Waals surface area contributed by atoms with Gasteiger partial charge in [0.05, 0.1) is 23.4 Å². The summed E-state index contributed by atoms with van der Waals surface area (Å²) >= 11 is 6.00. The molecule has 24 heavy (non-hydrogen) atoms. The molecule has 0 saturated heterocycles. The monoisotopic (exact) mass is 348 g/mol. The van der Waals surface area contributed by atoms with Crippen molar-refractivity contribution in [3.63, 3.8) is 0 Å². The van der Waals surface area contributed by atoms with Gasteiger partial charge in [-0.25, -0.2) is 0 Å². The van der Waals surface area contributed by atoms with Crippen molar-refractivity contribution in [3.05, 3.63) is 47.0 Å². The quantitative estimate of drug-likeness (QED) is 0.805. The number of benzene rings is 2. The fourth-order valence-electron chi connectivity index (χ4n) is 2.07. The normalized spacial score (nSPS) is 11.0. The molecule has 0 saturated carbocycles. The minimum absolute atomic E-state index is 0.279. The van der Waals surface area contributed by atoms with Crippen LogP contribution < -0.4 is 20.5 Å². The van der Waals surface area contributed by atoms with Gasteiger partial charge in [-0.05, 0) is 51.1 Å². The lowest BCUT2D eigenvalue weighted by Gasteiger charge is -2.21.